The molecule has 2 aliphatic rings. The molecule has 0 spiro atoms. The minimum atomic E-state index is -4.22. The minimum absolute atomic E-state index is 0.0189. The average molecular weight is 875 g/mol. The number of hydrogen-bond acceptors (Lipinski definition) is 13. The van der Waals surface area contributed by atoms with E-state index in [2.05, 4.69) is 34.4 Å². The Morgan fingerprint density at radius 3 is 2.39 bits per heavy atom. The van der Waals surface area contributed by atoms with Crippen molar-refractivity contribution in [2.45, 2.75) is 93.5 Å². The van der Waals surface area contributed by atoms with Crippen LogP contribution in [0.1, 0.15) is 98.4 Å². The summed E-state index contributed by atoms with van der Waals surface area (Å²) in [6, 6.07) is 4.93. The molecule has 5 N–H and O–H groups in total. The van der Waals surface area contributed by atoms with Gasteiger partial charge in [0, 0.05) is 47.8 Å². The number of anilines is 1. The Morgan fingerprint density at radius 2 is 1.75 bits per heavy atom. The monoisotopic (exact) mass is 874 g/mol. The third-order valence-electron chi connectivity index (χ3n) is 10.5. The smallest absolute Gasteiger partial charge is 0.311 e. The number of primary sulfonamides is 1. The maximum absolute atomic E-state index is 13.6. The van der Waals surface area contributed by atoms with Crippen LogP contribution in [-0.2, 0) is 43.8 Å². The zero-order chi connectivity index (χ0) is 43.6. The first-order valence-electron chi connectivity index (χ1n) is 19.2. The number of aromatic amines is 1. The van der Waals surface area contributed by atoms with E-state index in [9.17, 15) is 40.8 Å². The molecule has 1 aromatic carbocycles. The first-order chi connectivity index (χ1) is 27.7. The number of amides is 3. The molecule has 3 aromatic rings. The van der Waals surface area contributed by atoms with Crippen molar-refractivity contribution in [3.05, 3.63) is 57.9 Å². The van der Waals surface area contributed by atoms with Gasteiger partial charge in [-0.2, -0.15) is 0 Å². The number of ether oxygens (including phenoxy) is 2. The summed E-state index contributed by atoms with van der Waals surface area (Å²) >= 11 is 0.534. The van der Waals surface area contributed by atoms with Gasteiger partial charge < -0.3 is 34.9 Å². The van der Waals surface area contributed by atoms with Crippen molar-refractivity contribution in [3.63, 3.8) is 0 Å². The van der Waals surface area contributed by atoms with Gasteiger partial charge in [0.15, 0.2) is 15.9 Å². The van der Waals surface area contributed by atoms with Gasteiger partial charge in [-0.05, 0) is 90.0 Å². The van der Waals surface area contributed by atoms with Crippen molar-refractivity contribution < 1.29 is 50.3 Å². The highest BCUT2D eigenvalue weighted by molar-refractivity contribution is 7.95. The van der Waals surface area contributed by atoms with Crippen LogP contribution >= 0.6 is 11.3 Å². The topological polar surface area (TPSA) is 244 Å². The summed E-state index contributed by atoms with van der Waals surface area (Å²) in [6.07, 6.45) is -0.538. The Labute approximate surface area is 347 Å². The number of sulfonamides is 1. The van der Waals surface area contributed by atoms with Gasteiger partial charge >= 0.3 is 11.9 Å². The number of nitrogens with zero attached hydrogens (tertiary/aromatic N) is 2. The van der Waals surface area contributed by atoms with Crippen LogP contribution in [0.2, 0.25) is 0 Å². The highest BCUT2D eigenvalue weighted by Gasteiger charge is 2.43. The fourth-order valence-electron chi connectivity index (χ4n) is 7.20. The number of esters is 2. The lowest BCUT2D eigenvalue weighted by Crippen LogP contribution is -2.45. The minimum Gasteiger partial charge on any atom is -0.453 e. The predicted octanol–water partition coefficient (Wildman–Crippen LogP) is 3.68. The molecule has 0 fully saturated rings. The number of H-pyrrole nitrogens is 1. The van der Waals surface area contributed by atoms with Crippen molar-refractivity contribution in [2.75, 3.05) is 38.0 Å². The summed E-state index contributed by atoms with van der Waals surface area (Å²) in [4.78, 5) is 72.1. The number of carbonyl (C=O) groups excluding carboxylic acids is 5. The van der Waals surface area contributed by atoms with Crippen molar-refractivity contribution in [3.8, 4) is 5.75 Å². The molecule has 3 atom stereocenters. The third-order valence-corrected chi connectivity index (χ3v) is 15.8. The molecular formula is C39H50N6O11S3. The van der Waals surface area contributed by atoms with Crippen LogP contribution in [0.15, 0.2) is 32.7 Å². The standard InChI is InChI=1S/C39H50N6O11S3/c1-8-44(9-2)16-15-41-37(49)35-22(5)30(42-23(35)6)19-27-26-18-25(11-12-29(26)43-36(27)48)56-33(47)14-13-32(46)55-24(7)38(50)45(10-3)31-17-21(4)58(51,52)39-28(31)20-34(57-39)59(40,53)54/h11-12,18-21,24,31,42H,8-10,13-17H2,1-7H3,(H,41,49)(H,43,48)(H2,40,53,54)/b27-19-/t21-,24?,31?/m1/s1. The maximum Gasteiger partial charge on any atom is 0.311 e. The molecule has 59 heavy (non-hydrogen) atoms. The number of benzene rings is 1. The third kappa shape index (κ3) is 9.78. The number of nitrogens with one attached hydrogen (secondary N) is 3. The summed E-state index contributed by atoms with van der Waals surface area (Å²) in [5, 5.41) is 10.1. The van der Waals surface area contributed by atoms with Gasteiger partial charge in [0.1, 0.15) is 14.2 Å². The molecule has 320 valence electrons. The Hall–Kier alpha value is -4.89. The number of likely N-dealkylation sites (N-methyl/N-ethyl adjacent to an activating group) is 2. The summed E-state index contributed by atoms with van der Waals surface area (Å²) in [5.74, 6) is -2.79. The molecule has 0 bridgehead atoms. The fraction of sp³-hybridized carbons (Fsp3) is 0.462. The maximum atomic E-state index is 13.6. The molecule has 4 heterocycles. The molecule has 0 saturated heterocycles. The van der Waals surface area contributed by atoms with Gasteiger partial charge in [-0.3, -0.25) is 24.0 Å². The van der Waals surface area contributed by atoms with E-state index in [0.717, 1.165) is 19.6 Å². The van der Waals surface area contributed by atoms with Crippen LogP contribution in [0.5, 0.6) is 5.75 Å². The predicted molar refractivity (Wildman–Crippen MR) is 221 cm³/mol. The SMILES string of the molecule is CCN(CC)CCNC(=O)c1c(C)[nH]c(/C=C2\C(=O)Nc3ccc(OC(=O)CCC(=O)OC(C)C(=O)N(CC)C4C[C@@H](C)S(=O)(=O)c5sc(S(N)(=O)=O)cc54)cc32)c1C. The van der Waals surface area contributed by atoms with Gasteiger partial charge in [-0.15, -0.1) is 11.3 Å². The van der Waals surface area contributed by atoms with Crippen molar-refractivity contribution >= 4 is 78.2 Å². The van der Waals surface area contributed by atoms with E-state index in [1.54, 1.807) is 32.9 Å². The first-order valence-corrected chi connectivity index (χ1v) is 23.1. The molecule has 0 saturated carbocycles. The summed E-state index contributed by atoms with van der Waals surface area (Å²) in [6.45, 7) is 15.2. The molecule has 5 rings (SSSR count). The van der Waals surface area contributed by atoms with E-state index in [1.807, 2.05) is 0 Å². The van der Waals surface area contributed by atoms with Crippen LogP contribution in [0.25, 0.3) is 11.6 Å². The Kier molecular flexibility index (Phi) is 13.9. The molecule has 17 nitrogen and oxygen atoms in total. The Balaban J connectivity index is 1.20. The molecule has 0 radical (unpaired) electrons. The van der Waals surface area contributed by atoms with Gasteiger partial charge in [-0.1, -0.05) is 13.8 Å². The van der Waals surface area contributed by atoms with E-state index in [4.69, 9.17) is 14.6 Å². The van der Waals surface area contributed by atoms with Gasteiger partial charge in [0.05, 0.1) is 35.3 Å². The molecule has 0 aliphatic carbocycles. The molecular weight excluding hydrogens is 825 g/mol. The lowest BCUT2D eigenvalue weighted by Gasteiger charge is -2.37. The van der Waals surface area contributed by atoms with Crippen molar-refractivity contribution in [1.29, 1.82) is 0 Å². The van der Waals surface area contributed by atoms with E-state index < -0.39 is 67.9 Å². The number of aromatic nitrogens is 1. The number of rotatable bonds is 16. The van der Waals surface area contributed by atoms with Crippen molar-refractivity contribution in [2.24, 2.45) is 5.14 Å². The Morgan fingerprint density at radius 1 is 1.07 bits per heavy atom. The van der Waals surface area contributed by atoms with Crippen molar-refractivity contribution in [1.82, 2.24) is 20.1 Å². The van der Waals surface area contributed by atoms with Crippen LogP contribution < -0.4 is 20.5 Å². The summed E-state index contributed by atoms with van der Waals surface area (Å²) < 4.78 is 60.6. The van der Waals surface area contributed by atoms with Crippen LogP contribution in [0.4, 0.5) is 5.69 Å². The normalized spacial score (nSPS) is 18.2. The largest absolute Gasteiger partial charge is 0.453 e. The van der Waals surface area contributed by atoms with E-state index in [0.29, 0.717) is 51.6 Å². The van der Waals surface area contributed by atoms with Crippen LogP contribution in [0, 0.1) is 13.8 Å². The van der Waals surface area contributed by atoms with Gasteiger partial charge in [0.25, 0.3) is 17.7 Å². The quantitative estimate of drug-likeness (QED) is 0.0915. The second-order valence-electron chi connectivity index (χ2n) is 14.4. The van der Waals surface area contributed by atoms with Gasteiger partial charge in [-0.25, -0.2) is 22.0 Å². The number of sulfone groups is 1. The zero-order valence-corrected chi connectivity index (χ0v) is 36.4. The highest BCUT2D eigenvalue weighted by Crippen LogP contribution is 2.45. The fourth-order valence-corrected chi connectivity index (χ4v) is 11.6. The number of nitrogens with two attached hydrogens (primary N) is 1. The van der Waals surface area contributed by atoms with E-state index >= 15 is 0 Å². The van der Waals surface area contributed by atoms with E-state index in [-0.39, 0.29) is 50.1 Å². The summed E-state index contributed by atoms with van der Waals surface area (Å²) in [7, 11) is -8.10. The molecule has 3 amide bonds. The lowest BCUT2D eigenvalue weighted by molar-refractivity contribution is -0.161. The highest BCUT2D eigenvalue weighted by atomic mass is 32.3. The number of carbonyl (C=O) groups is 5. The molecule has 2 aromatic heterocycles. The zero-order valence-electron chi connectivity index (χ0n) is 34.0. The van der Waals surface area contributed by atoms with Crippen LogP contribution in [0.3, 0.4) is 0 Å². The number of thiophene rings is 1. The second kappa shape index (κ2) is 18.2. The molecule has 20 heteroatoms. The molecule has 2 aliphatic heterocycles. The Bertz CT molecular complexity index is 2420. The van der Waals surface area contributed by atoms with E-state index in [1.165, 1.54) is 36.9 Å². The average Bonchev–Trinajstić information content (AvgIpc) is 3.85. The number of hydrogen-bond donors (Lipinski definition) is 4. The second-order valence-corrected chi connectivity index (χ2v) is 19.8. The lowest BCUT2D eigenvalue weighted by atomic mass is 10.0. The summed E-state index contributed by atoms with van der Waals surface area (Å²) in [5.41, 5.74) is 3.74. The molecule has 2 unspecified atom stereocenters. The van der Waals surface area contributed by atoms with Gasteiger partial charge in [0.2, 0.25) is 10.0 Å². The number of aryl methyl sites for hydroxylation is 1. The number of fused-ring (bicyclic) bond motifs is 2. The first kappa shape index (κ1) is 45.2. The van der Waals surface area contributed by atoms with Crippen LogP contribution in [-0.4, -0.2) is 105 Å².